The van der Waals surface area contributed by atoms with Crippen molar-refractivity contribution in [2.45, 2.75) is 51.2 Å². The highest BCUT2D eigenvalue weighted by atomic mass is 16.5. The van der Waals surface area contributed by atoms with E-state index in [0.717, 1.165) is 74.6 Å². The van der Waals surface area contributed by atoms with Crippen molar-refractivity contribution in [2.75, 3.05) is 26.7 Å². The highest BCUT2D eigenvalue weighted by molar-refractivity contribution is 5.94. The van der Waals surface area contributed by atoms with E-state index < -0.39 is 0 Å². The van der Waals surface area contributed by atoms with Crippen molar-refractivity contribution in [3.05, 3.63) is 52.6 Å². The van der Waals surface area contributed by atoms with E-state index in [1.54, 1.807) is 0 Å². The van der Waals surface area contributed by atoms with Gasteiger partial charge in [0, 0.05) is 68.0 Å². The lowest BCUT2D eigenvalue weighted by atomic mass is 9.94. The molecule has 3 aliphatic heterocycles. The number of piperidine rings is 1. The smallest absolute Gasteiger partial charge is 0.253 e. The van der Waals surface area contributed by atoms with Crippen molar-refractivity contribution in [3.63, 3.8) is 0 Å². The summed E-state index contributed by atoms with van der Waals surface area (Å²) in [5, 5.41) is 0. The lowest BCUT2D eigenvalue weighted by Gasteiger charge is -2.32. The Kier molecular flexibility index (Phi) is 4.74. The summed E-state index contributed by atoms with van der Waals surface area (Å²) in [6.07, 6.45) is 5.94. The summed E-state index contributed by atoms with van der Waals surface area (Å²) in [4.78, 5) is 26.8. The fourth-order valence-electron chi connectivity index (χ4n) is 4.75. The highest BCUT2D eigenvalue weighted by Gasteiger charge is 2.28. The van der Waals surface area contributed by atoms with Crippen LogP contribution >= 0.6 is 0 Å². The maximum absolute atomic E-state index is 13.0. The summed E-state index contributed by atoms with van der Waals surface area (Å²) in [7, 11) is 2.14. The largest absolute Gasteiger partial charge is 0.490 e. The number of likely N-dealkylation sites (tertiary alicyclic amines) is 1. The Morgan fingerprint density at radius 3 is 2.83 bits per heavy atom. The molecule has 6 heteroatoms. The quantitative estimate of drug-likeness (QED) is 0.787. The molecule has 152 valence electrons. The third-order valence-corrected chi connectivity index (χ3v) is 6.43. The lowest BCUT2D eigenvalue weighted by molar-refractivity contribution is 0.0711. The lowest BCUT2D eigenvalue weighted by Crippen LogP contribution is -2.38. The Morgan fingerprint density at radius 1 is 1.17 bits per heavy atom. The third kappa shape index (κ3) is 3.62. The van der Waals surface area contributed by atoms with Crippen LogP contribution in [0.5, 0.6) is 5.75 Å². The average Bonchev–Trinajstić information content (AvgIpc) is 3.12. The number of hydrogen-bond donors (Lipinski definition) is 0. The highest BCUT2D eigenvalue weighted by Crippen LogP contribution is 2.31. The Balaban J connectivity index is 1.24. The molecule has 1 aromatic carbocycles. The first-order chi connectivity index (χ1) is 14.1. The van der Waals surface area contributed by atoms with Crippen LogP contribution in [0, 0.1) is 0 Å². The minimum Gasteiger partial charge on any atom is -0.490 e. The van der Waals surface area contributed by atoms with Crippen molar-refractivity contribution in [1.29, 1.82) is 0 Å². The van der Waals surface area contributed by atoms with Crippen molar-refractivity contribution in [3.8, 4) is 5.75 Å². The zero-order valence-electron chi connectivity index (χ0n) is 17.2. The molecule has 0 bridgehead atoms. The van der Waals surface area contributed by atoms with Gasteiger partial charge >= 0.3 is 0 Å². The van der Waals surface area contributed by atoms with Gasteiger partial charge < -0.3 is 14.5 Å². The first-order valence-electron chi connectivity index (χ1n) is 10.7. The maximum atomic E-state index is 13.0. The van der Waals surface area contributed by atoms with E-state index in [1.165, 1.54) is 11.3 Å². The molecule has 1 atom stereocenters. The Hall–Kier alpha value is -2.47. The molecular formula is C23H28N4O2. The van der Waals surface area contributed by atoms with Gasteiger partial charge in [-0.15, -0.1) is 0 Å². The summed E-state index contributed by atoms with van der Waals surface area (Å²) in [5.74, 6) is 2.35. The first-order valence-corrected chi connectivity index (χ1v) is 10.7. The number of amides is 1. The molecule has 0 radical (unpaired) electrons. The maximum Gasteiger partial charge on any atom is 0.253 e. The van der Waals surface area contributed by atoms with Gasteiger partial charge in [0.2, 0.25) is 0 Å². The van der Waals surface area contributed by atoms with Gasteiger partial charge in [-0.3, -0.25) is 4.79 Å². The summed E-state index contributed by atoms with van der Waals surface area (Å²) < 4.78 is 5.75. The molecule has 1 fully saturated rings. The van der Waals surface area contributed by atoms with Crippen LogP contribution in [-0.2, 0) is 19.4 Å². The fraction of sp³-hybridized carbons (Fsp3) is 0.522. The zero-order valence-corrected chi connectivity index (χ0v) is 17.2. The van der Waals surface area contributed by atoms with E-state index in [9.17, 15) is 4.79 Å². The van der Waals surface area contributed by atoms with Gasteiger partial charge in [-0.1, -0.05) is 0 Å². The number of ether oxygens (including phenoxy) is 1. The number of fused-ring (bicyclic) bond motifs is 2. The van der Waals surface area contributed by atoms with Crippen LogP contribution in [0.1, 0.15) is 58.7 Å². The monoisotopic (exact) mass is 392 g/mol. The van der Waals surface area contributed by atoms with Gasteiger partial charge in [0.15, 0.2) is 0 Å². The van der Waals surface area contributed by atoms with E-state index in [-0.39, 0.29) is 12.0 Å². The number of carbonyl (C=O) groups excluding carboxylic acids is 1. The molecule has 29 heavy (non-hydrogen) atoms. The molecule has 0 aliphatic carbocycles. The molecule has 6 nitrogen and oxygen atoms in total. The Labute approximate surface area is 171 Å². The van der Waals surface area contributed by atoms with E-state index in [2.05, 4.69) is 23.9 Å². The standard InChI is InChI=1S/C23H28N4O2/c1-15-11-18-12-17(3-4-21(18)29-15)23(28)27-9-5-16(6-10-27)22-24-13-19-14-26(2)8-7-20(19)25-22/h3-4,12-13,15-16H,5-11,14H2,1-2H3. The molecule has 0 saturated carbocycles. The number of benzene rings is 1. The minimum absolute atomic E-state index is 0.125. The summed E-state index contributed by atoms with van der Waals surface area (Å²) >= 11 is 0. The van der Waals surface area contributed by atoms with Crippen LogP contribution in [0.3, 0.4) is 0 Å². The predicted molar refractivity (Wildman–Crippen MR) is 110 cm³/mol. The summed E-state index contributed by atoms with van der Waals surface area (Å²) in [6, 6.07) is 5.85. The molecule has 3 aliphatic rings. The average molecular weight is 393 g/mol. The molecule has 2 aromatic rings. The first kappa shape index (κ1) is 18.6. The number of rotatable bonds is 2. The second-order valence-corrected chi connectivity index (χ2v) is 8.71. The topological polar surface area (TPSA) is 58.6 Å². The number of hydrogen-bond acceptors (Lipinski definition) is 5. The molecule has 5 rings (SSSR count). The van der Waals surface area contributed by atoms with Crippen LogP contribution in [-0.4, -0.2) is 58.5 Å². The fourth-order valence-corrected chi connectivity index (χ4v) is 4.75. The van der Waals surface area contributed by atoms with Gasteiger partial charge in [-0.2, -0.15) is 0 Å². The molecule has 0 spiro atoms. The zero-order chi connectivity index (χ0) is 20.0. The van der Waals surface area contributed by atoms with Crippen LogP contribution < -0.4 is 4.74 Å². The van der Waals surface area contributed by atoms with Crippen LogP contribution in [0.2, 0.25) is 0 Å². The van der Waals surface area contributed by atoms with Crippen LogP contribution in [0.15, 0.2) is 24.4 Å². The second-order valence-electron chi connectivity index (χ2n) is 8.71. The number of aromatic nitrogens is 2. The SMILES string of the molecule is CC1Cc2cc(C(=O)N3CCC(c4ncc5c(n4)CCN(C)C5)CC3)ccc2O1. The summed E-state index contributed by atoms with van der Waals surface area (Å²) in [5.41, 5.74) is 4.38. The van der Waals surface area contributed by atoms with Crippen molar-refractivity contribution >= 4 is 5.91 Å². The Bertz CT molecular complexity index is 936. The molecule has 1 aromatic heterocycles. The van der Waals surface area contributed by atoms with Gasteiger partial charge in [0.25, 0.3) is 5.91 Å². The predicted octanol–water partition coefficient (Wildman–Crippen LogP) is 2.81. The third-order valence-electron chi connectivity index (χ3n) is 6.43. The number of carbonyl (C=O) groups is 1. The molecule has 1 amide bonds. The number of likely N-dealkylation sites (N-methyl/N-ethyl adjacent to an activating group) is 1. The normalized spacial score (nSPS) is 22.1. The van der Waals surface area contributed by atoms with Crippen molar-refractivity contribution < 1.29 is 9.53 Å². The van der Waals surface area contributed by atoms with E-state index in [0.29, 0.717) is 5.92 Å². The van der Waals surface area contributed by atoms with Gasteiger partial charge in [0.05, 0.1) is 0 Å². The molecule has 4 heterocycles. The van der Waals surface area contributed by atoms with Crippen LogP contribution in [0.25, 0.3) is 0 Å². The van der Waals surface area contributed by atoms with Gasteiger partial charge in [-0.05, 0) is 50.6 Å². The van der Waals surface area contributed by atoms with Gasteiger partial charge in [-0.25, -0.2) is 9.97 Å². The van der Waals surface area contributed by atoms with Crippen molar-refractivity contribution in [2.24, 2.45) is 0 Å². The Morgan fingerprint density at radius 2 is 2.00 bits per heavy atom. The number of nitrogens with zero attached hydrogens (tertiary/aromatic N) is 4. The molecule has 1 unspecified atom stereocenters. The van der Waals surface area contributed by atoms with E-state index in [1.807, 2.05) is 29.3 Å². The van der Waals surface area contributed by atoms with Crippen molar-refractivity contribution in [1.82, 2.24) is 19.8 Å². The van der Waals surface area contributed by atoms with Crippen LogP contribution in [0.4, 0.5) is 0 Å². The molecule has 0 N–H and O–H groups in total. The van der Waals surface area contributed by atoms with E-state index >= 15 is 0 Å². The van der Waals surface area contributed by atoms with Gasteiger partial charge in [0.1, 0.15) is 17.7 Å². The van der Waals surface area contributed by atoms with E-state index in [4.69, 9.17) is 9.72 Å². The summed E-state index contributed by atoms with van der Waals surface area (Å²) in [6.45, 7) is 5.58. The minimum atomic E-state index is 0.125. The second kappa shape index (κ2) is 7.41. The molecule has 1 saturated heterocycles. The molecular weight excluding hydrogens is 364 g/mol.